The fourth-order valence-electron chi connectivity index (χ4n) is 2.69. The van der Waals surface area contributed by atoms with E-state index in [1.807, 2.05) is 6.92 Å². The lowest BCUT2D eigenvalue weighted by atomic mass is 9.92. The van der Waals surface area contributed by atoms with Gasteiger partial charge in [0.2, 0.25) is 0 Å². The molecule has 1 fully saturated rings. The summed E-state index contributed by atoms with van der Waals surface area (Å²) in [5.41, 5.74) is 4.85. The van der Waals surface area contributed by atoms with Gasteiger partial charge in [0.05, 0.1) is 5.60 Å². The third kappa shape index (κ3) is 5.84. The minimum atomic E-state index is -0.666. The zero-order chi connectivity index (χ0) is 12.7. The topological polar surface area (TPSA) is 49.5 Å². The molecule has 1 rings (SSSR count). The fraction of sp³-hybridized carbons (Fsp3) is 1.00. The first-order valence-electron chi connectivity index (χ1n) is 7.22. The van der Waals surface area contributed by atoms with Crippen molar-refractivity contribution >= 4 is 0 Å². The number of likely N-dealkylation sites (tertiary alicyclic amines) is 1. The summed E-state index contributed by atoms with van der Waals surface area (Å²) in [6, 6.07) is 0. The lowest BCUT2D eigenvalue weighted by Gasteiger charge is -2.32. The molecule has 102 valence electrons. The van der Waals surface area contributed by atoms with Gasteiger partial charge >= 0.3 is 0 Å². The summed E-state index contributed by atoms with van der Waals surface area (Å²) in [5.74, 6) is 0.961. The normalized spacial score (nSPS) is 22.6. The standard InChI is InChI=1S/C14H30N2O/c1-3-5-13-6-10-16(11-7-13)9-4-8-14(2,17)12-15/h13,17H,3-12,15H2,1-2H3. The van der Waals surface area contributed by atoms with Crippen LogP contribution in [-0.4, -0.2) is 41.8 Å². The Labute approximate surface area is 106 Å². The molecular weight excluding hydrogens is 212 g/mol. The monoisotopic (exact) mass is 242 g/mol. The van der Waals surface area contributed by atoms with Crippen molar-refractivity contribution in [2.24, 2.45) is 11.7 Å². The smallest absolute Gasteiger partial charge is 0.0741 e. The van der Waals surface area contributed by atoms with Crippen LogP contribution in [0.1, 0.15) is 52.4 Å². The number of rotatable bonds is 7. The fourth-order valence-corrected chi connectivity index (χ4v) is 2.69. The van der Waals surface area contributed by atoms with Crippen LogP contribution < -0.4 is 5.73 Å². The molecule has 17 heavy (non-hydrogen) atoms. The lowest BCUT2D eigenvalue weighted by Crippen LogP contribution is -2.37. The number of hydrogen-bond acceptors (Lipinski definition) is 3. The SMILES string of the molecule is CCCC1CCN(CCCC(C)(O)CN)CC1. The van der Waals surface area contributed by atoms with E-state index in [1.54, 1.807) is 0 Å². The Bertz CT molecular complexity index is 198. The van der Waals surface area contributed by atoms with Gasteiger partial charge in [-0.3, -0.25) is 0 Å². The maximum atomic E-state index is 9.82. The molecule has 0 amide bonds. The molecule has 0 aromatic carbocycles. The van der Waals surface area contributed by atoms with Crippen LogP contribution >= 0.6 is 0 Å². The van der Waals surface area contributed by atoms with Gasteiger partial charge in [-0.15, -0.1) is 0 Å². The molecule has 1 saturated heterocycles. The predicted molar refractivity (Wildman–Crippen MR) is 73.0 cm³/mol. The molecule has 1 aliphatic heterocycles. The maximum Gasteiger partial charge on any atom is 0.0741 e. The molecule has 1 unspecified atom stereocenters. The summed E-state index contributed by atoms with van der Waals surface area (Å²) in [7, 11) is 0. The largest absolute Gasteiger partial charge is 0.389 e. The van der Waals surface area contributed by atoms with Gasteiger partial charge in [-0.1, -0.05) is 19.8 Å². The third-order valence-corrected chi connectivity index (χ3v) is 4.03. The van der Waals surface area contributed by atoms with Gasteiger partial charge in [0.1, 0.15) is 0 Å². The first kappa shape index (κ1) is 14.9. The molecular formula is C14H30N2O. The molecule has 3 N–H and O–H groups in total. The molecule has 0 spiro atoms. The second-order valence-corrected chi connectivity index (χ2v) is 5.88. The zero-order valence-corrected chi connectivity index (χ0v) is 11.6. The van der Waals surface area contributed by atoms with Crippen LogP contribution in [0.15, 0.2) is 0 Å². The highest BCUT2D eigenvalue weighted by molar-refractivity contribution is 4.76. The average Bonchev–Trinajstić information content (AvgIpc) is 2.32. The molecule has 0 aliphatic carbocycles. The summed E-state index contributed by atoms with van der Waals surface area (Å²) < 4.78 is 0. The first-order chi connectivity index (χ1) is 8.07. The van der Waals surface area contributed by atoms with Crippen molar-refractivity contribution in [3.05, 3.63) is 0 Å². The molecule has 1 aliphatic rings. The number of hydrogen-bond donors (Lipinski definition) is 2. The van der Waals surface area contributed by atoms with Crippen LogP contribution in [-0.2, 0) is 0 Å². The van der Waals surface area contributed by atoms with Crippen LogP contribution in [0.25, 0.3) is 0 Å². The van der Waals surface area contributed by atoms with Crippen molar-refractivity contribution in [2.45, 2.75) is 58.0 Å². The Kier molecular flexibility index (Phi) is 6.45. The zero-order valence-electron chi connectivity index (χ0n) is 11.6. The molecule has 3 nitrogen and oxygen atoms in total. The molecule has 0 aromatic rings. The summed E-state index contributed by atoms with van der Waals surface area (Å²) in [5, 5.41) is 9.82. The highest BCUT2D eigenvalue weighted by Gasteiger charge is 2.20. The Balaban J connectivity index is 2.10. The van der Waals surface area contributed by atoms with Crippen molar-refractivity contribution in [3.63, 3.8) is 0 Å². The Morgan fingerprint density at radius 3 is 2.53 bits per heavy atom. The molecule has 0 radical (unpaired) electrons. The minimum absolute atomic E-state index is 0.367. The second kappa shape index (κ2) is 7.34. The van der Waals surface area contributed by atoms with E-state index in [9.17, 15) is 5.11 Å². The highest BCUT2D eigenvalue weighted by atomic mass is 16.3. The van der Waals surface area contributed by atoms with Crippen molar-refractivity contribution in [3.8, 4) is 0 Å². The molecule has 1 atom stereocenters. The number of aliphatic hydroxyl groups is 1. The van der Waals surface area contributed by atoms with Crippen LogP contribution in [0.2, 0.25) is 0 Å². The van der Waals surface area contributed by atoms with Crippen molar-refractivity contribution in [2.75, 3.05) is 26.2 Å². The van der Waals surface area contributed by atoms with Gasteiger partial charge in [-0.05, 0) is 58.2 Å². The summed E-state index contributed by atoms with van der Waals surface area (Å²) in [6.45, 7) is 8.09. The lowest BCUT2D eigenvalue weighted by molar-refractivity contribution is 0.0526. The molecule has 0 saturated carbocycles. The minimum Gasteiger partial charge on any atom is -0.389 e. The van der Waals surface area contributed by atoms with Crippen molar-refractivity contribution < 1.29 is 5.11 Å². The van der Waals surface area contributed by atoms with Crippen molar-refractivity contribution in [1.82, 2.24) is 4.90 Å². The van der Waals surface area contributed by atoms with E-state index >= 15 is 0 Å². The summed E-state index contributed by atoms with van der Waals surface area (Å²) in [4.78, 5) is 2.54. The number of nitrogens with two attached hydrogens (primary N) is 1. The van der Waals surface area contributed by atoms with Crippen LogP contribution in [0.3, 0.4) is 0 Å². The Morgan fingerprint density at radius 1 is 1.35 bits per heavy atom. The van der Waals surface area contributed by atoms with E-state index in [0.717, 1.165) is 25.3 Å². The first-order valence-corrected chi connectivity index (χ1v) is 7.22. The van der Waals surface area contributed by atoms with Crippen LogP contribution in [0.4, 0.5) is 0 Å². The van der Waals surface area contributed by atoms with Crippen molar-refractivity contribution in [1.29, 1.82) is 0 Å². The predicted octanol–water partition coefficient (Wildman–Crippen LogP) is 1.99. The van der Waals surface area contributed by atoms with Crippen LogP contribution in [0, 0.1) is 5.92 Å². The Hall–Kier alpha value is -0.120. The van der Waals surface area contributed by atoms with Gasteiger partial charge in [0, 0.05) is 6.54 Å². The van der Waals surface area contributed by atoms with Gasteiger partial charge in [0.15, 0.2) is 0 Å². The molecule has 0 bridgehead atoms. The van der Waals surface area contributed by atoms with E-state index in [4.69, 9.17) is 5.73 Å². The number of piperidine rings is 1. The van der Waals surface area contributed by atoms with E-state index < -0.39 is 5.60 Å². The van der Waals surface area contributed by atoms with Gasteiger partial charge in [-0.2, -0.15) is 0 Å². The van der Waals surface area contributed by atoms with E-state index in [2.05, 4.69) is 11.8 Å². The molecule has 3 heteroatoms. The molecule has 1 heterocycles. The van der Waals surface area contributed by atoms with E-state index in [-0.39, 0.29) is 0 Å². The maximum absolute atomic E-state index is 9.82. The quantitative estimate of drug-likeness (QED) is 0.718. The molecule has 0 aromatic heterocycles. The van der Waals surface area contributed by atoms with Gasteiger partial charge < -0.3 is 15.7 Å². The highest BCUT2D eigenvalue weighted by Crippen LogP contribution is 2.22. The third-order valence-electron chi connectivity index (χ3n) is 4.03. The van der Waals surface area contributed by atoms with Gasteiger partial charge in [0.25, 0.3) is 0 Å². The van der Waals surface area contributed by atoms with Crippen LogP contribution in [0.5, 0.6) is 0 Å². The summed E-state index contributed by atoms with van der Waals surface area (Å²) >= 11 is 0. The number of nitrogens with zero attached hydrogens (tertiary/aromatic N) is 1. The van der Waals surface area contributed by atoms with Gasteiger partial charge in [-0.25, -0.2) is 0 Å². The Morgan fingerprint density at radius 2 is 2.00 bits per heavy atom. The summed E-state index contributed by atoms with van der Waals surface area (Å²) in [6.07, 6.45) is 7.32. The van der Waals surface area contributed by atoms with E-state index in [1.165, 1.54) is 38.8 Å². The average molecular weight is 242 g/mol. The van der Waals surface area contributed by atoms with E-state index in [0.29, 0.717) is 6.54 Å². The second-order valence-electron chi connectivity index (χ2n) is 5.88.